The van der Waals surface area contributed by atoms with Crippen LogP contribution in [0.15, 0.2) is 163 Å². The number of aromatic carboxylic acids is 1. The van der Waals surface area contributed by atoms with Crippen LogP contribution < -0.4 is 8.85 Å². The van der Waals surface area contributed by atoms with Crippen molar-refractivity contribution in [3.8, 4) is 28.7 Å². The number of allylic oxidation sites excluding steroid dienone is 9. The third-order valence-corrected chi connectivity index (χ3v) is 44.5. The van der Waals surface area contributed by atoms with Gasteiger partial charge in [0.15, 0.2) is 17.2 Å². The third-order valence-electron chi connectivity index (χ3n) is 35.8. The van der Waals surface area contributed by atoms with E-state index in [9.17, 15) is 34.8 Å². The predicted molar refractivity (Wildman–Crippen MR) is 508 cm³/mol. The lowest BCUT2D eigenvalue weighted by Crippen LogP contribution is -2.50. The van der Waals surface area contributed by atoms with Crippen LogP contribution in [0.1, 0.15) is 288 Å². The van der Waals surface area contributed by atoms with E-state index in [0.29, 0.717) is 57.7 Å². The lowest BCUT2D eigenvalue weighted by molar-refractivity contribution is -0.0307. The molecule has 6 saturated carbocycles. The molecule has 0 amide bonds. The smallest absolute Gasteiger partial charge is 0.338 e. The molecule has 12 aliphatic carbocycles. The quantitative estimate of drug-likeness (QED) is 0.0332. The molecular formula is C109H143N3O12Si2. The topological polar surface area (TPSA) is 228 Å². The number of fused-ring (bicyclic) bond motifs is 15. The van der Waals surface area contributed by atoms with Crippen LogP contribution in [0.5, 0.6) is 28.7 Å². The Kier molecular flexibility index (Phi) is 25.3. The number of hydrogen-bond acceptors (Lipinski definition) is 14. The first-order valence-corrected chi connectivity index (χ1v) is 53.2. The summed E-state index contributed by atoms with van der Waals surface area (Å²) in [6.45, 7) is 45.1. The summed E-state index contributed by atoms with van der Waals surface area (Å²) < 4.78 is 25.0. The number of aliphatic hydroxyl groups is 1. The van der Waals surface area contributed by atoms with E-state index in [2.05, 4.69) is 211 Å². The van der Waals surface area contributed by atoms with Gasteiger partial charge < -0.3 is 43.9 Å². The van der Waals surface area contributed by atoms with Gasteiger partial charge in [-0.3, -0.25) is 15.0 Å². The minimum Gasteiger partial charge on any atom is -0.543 e. The lowest BCUT2D eigenvalue weighted by Gasteiger charge is -2.57. The Labute approximate surface area is 753 Å². The normalized spacial score (nSPS) is 32.2. The first kappa shape index (κ1) is 92.1. The number of carbonyl (C=O) groups excluding carboxylic acids is 2. The van der Waals surface area contributed by atoms with Crippen molar-refractivity contribution >= 4 is 51.3 Å². The number of aliphatic hydroxyl groups excluding tert-OH is 1. The van der Waals surface area contributed by atoms with Crippen molar-refractivity contribution in [1.29, 1.82) is 0 Å². The first-order valence-electron chi connectivity index (χ1n) is 47.4. The molecular weight excluding hydrogens is 1600 g/mol. The average molecular weight is 1740 g/mol. The number of nitrogens with zero attached hydrogens (tertiary/aromatic N) is 3. The maximum absolute atomic E-state index is 13.6. The molecule has 12 aliphatic rings. The van der Waals surface area contributed by atoms with Crippen molar-refractivity contribution < 1.29 is 58.2 Å². The van der Waals surface area contributed by atoms with E-state index in [4.69, 9.17) is 23.4 Å². The summed E-state index contributed by atoms with van der Waals surface area (Å²) in [5.41, 5.74) is 19.4. The van der Waals surface area contributed by atoms with Crippen molar-refractivity contribution in [1.82, 2.24) is 15.0 Å². The summed E-state index contributed by atoms with van der Waals surface area (Å²) in [7, 11) is -3.99. The van der Waals surface area contributed by atoms with Crippen molar-refractivity contribution in [2.45, 2.75) is 300 Å². The number of carboxylic acid groups (broad SMARTS) is 1. The van der Waals surface area contributed by atoms with E-state index in [1.807, 2.05) is 63.0 Å². The molecule has 126 heavy (non-hydrogen) atoms. The molecule has 674 valence electrons. The summed E-state index contributed by atoms with van der Waals surface area (Å²) >= 11 is 0. The van der Waals surface area contributed by atoms with Gasteiger partial charge in [0, 0.05) is 50.0 Å². The number of ether oxygens (including phenoxy) is 2. The molecule has 0 bridgehead atoms. The fraction of sp³-hybridized carbons (Fsp3) is 0.560. The van der Waals surface area contributed by atoms with Crippen molar-refractivity contribution in [3.05, 3.63) is 219 Å². The van der Waals surface area contributed by atoms with E-state index in [-0.39, 0.29) is 67.1 Å². The van der Waals surface area contributed by atoms with Gasteiger partial charge in [0.2, 0.25) is 16.6 Å². The van der Waals surface area contributed by atoms with Gasteiger partial charge in [-0.15, -0.1) is 0 Å². The second kappa shape index (κ2) is 34.7. The van der Waals surface area contributed by atoms with Crippen LogP contribution in [0.2, 0.25) is 36.3 Å². The number of rotatable bonds is 12. The number of pyridine rings is 3. The van der Waals surface area contributed by atoms with Crippen molar-refractivity contribution in [3.63, 3.8) is 0 Å². The van der Waals surface area contributed by atoms with Crippen LogP contribution in [0.3, 0.4) is 0 Å². The van der Waals surface area contributed by atoms with Gasteiger partial charge >= 0.3 is 17.9 Å². The fourth-order valence-corrected chi connectivity index (χ4v) is 28.0. The molecule has 0 aliphatic heterocycles. The Morgan fingerprint density at radius 2 is 0.738 bits per heavy atom. The Morgan fingerprint density at radius 3 is 1.08 bits per heavy atom. The highest BCUT2D eigenvalue weighted by molar-refractivity contribution is 6.75. The average Bonchev–Trinajstić information content (AvgIpc) is 1.44. The summed E-state index contributed by atoms with van der Waals surface area (Å²) in [6, 6.07) is 22.3. The highest BCUT2D eigenvalue weighted by atomic mass is 28.4. The number of aromatic hydroxyl groups is 3. The summed E-state index contributed by atoms with van der Waals surface area (Å²) in [6.07, 6.45) is 49.3. The number of hydrogen-bond donors (Lipinski definition) is 5. The van der Waals surface area contributed by atoms with E-state index in [1.54, 1.807) is 23.3 Å². The number of phenolic OH excluding ortho intramolecular Hbond substituents is 3. The summed E-state index contributed by atoms with van der Waals surface area (Å²) in [5, 5.41) is 48.6. The van der Waals surface area contributed by atoms with Crippen LogP contribution in [-0.4, -0.2) is 93.3 Å². The summed E-state index contributed by atoms with van der Waals surface area (Å²) in [5.74, 6) is 4.48. The van der Waals surface area contributed by atoms with Crippen molar-refractivity contribution in [2.24, 2.45) is 85.8 Å². The molecule has 15 nitrogen and oxygen atoms in total. The molecule has 0 radical (unpaired) electrons. The molecule has 3 heterocycles. The molecule has 6 fully saturated rings. The second-order valence-electron chi connectivity index (χ2n) is 44.6. The van der Waals surface area contributed by atoms with Crippen LogP contribution in [0.4, 0.5) is 0 Å². The van der Waals surface area contributed by atoms with E-state index < -0.39 is 45.8 Å². The Morgan fingerprint density at radius 1 is 0.413 bits per heavy atom. The Hall–Kier alpha value is -8.65. The van der Waals surface area contributed by atoms with Gasteiger partial charge in [-0.2, -0.15) is 0 Å². The zero-order valence-corrected chi connectivity index (χ0v) is 81.1. The maximum Gasteiger partial charge on any atom is 0.338 e. The van der Waals surface area contributed by atoms with Gasteiger partial charge in [-0.05, 0) is 382 Å². The molecule has 3 aromatic carbocycles. The minimum absolute atomic E-state index is 0.0311. The SMILES string of the molecule is C[C@]12CC[C@H](O)CC1=CCC1C2CC[C@]2(C)C(c3cccnc3)=CCC12.C[C@]12CC[C@H](OC(=O)c3cc(O)c(O)c(O)c3)CC1=CCC1C2CC[C@]2(C)C(c3cccnc3)=CCC12.Cc1cc(C(=O)O)cc(O[Si](C)(C)C(C)(C)C)c1C.Cc1cc(C(=O)O[C@H]2CC[C@@]3(C)C(=CCC4C3CC[C@]3(C)C(c5cccnc5)=CCC43)C2)cc(O[Si](C)(C)C(C)(C)C)c1C. The molecule has 3 aromatic heterocycles. The van der Waals surface area contributed by atoms with E-state index in [1.165, 1.54) is 103 Å². The highest BCUT2D eigenvalue weighted by Gasteiger charge is 2.61. The molecule has 18 atom stereocenters. The number of carboxylic acids is 1. The standard InChI is InChI=1S/C39H53NO3Si.C31H35NO5.C24H31NO.C15H24O3Si/c1-25-21-28(22-35(26(25)2)43-44(8,9)37(3,4)5)36(41)42-30-16-18-38(6)29(23-30)12-13-31-33-15-14-32(27-11-10-20-40-24-27)39(33,7)19-17-34(31)38;1-30-11-9-21(37-29(36)19-14-26(33)28(35)27(34)15-19)16-20(30)5-6-22-24-8-7-23(18-4-3-13-32-17-18)31(24,2)12-10-25(22)30;1-23-11-9-18(26)14-17(23)5-6-19-21-8-7-20(16-4-3-13-25-15-16)24(21,2)12-10-22(19)23;1-10-8-12(14(16)17)9-13(11(10)2)18-19(6,7)15(3,4)5/h10-12,14,20-22,24,30-31,33-34H,13,15-19,23H2,1-9H3;3-5,7,13-15,17,21-22,24-25,33-35H,6,8-12,16H2,1-2H3;3-5,7,13,15,18-19,21-22,26H,6,8-12,14H2,1-2H3;8-9H,1-7H3,(H,16,17)/t30-,31?,33?,34?,38-,39+;21-,22?,24?,25?,30-,31+;18-,19?,21?,22?,23-,24+;/m000./s1. The molecule has 5 N–H and O–H groups in total. The number of aryl methyl sites for hydroxylation is 2. The zero-order valence-electron chi connectivity index (χ0n) is 79.1. The van der Waals surface area contributed by atoms with Crippen LogP contribution in [-0.2, 0) is 9.47 Å². The molecule has 18 rings (SSSR count). The Bertz CT molecular complexity index is 5300. The number of phenols is 3. The van der Waals surface area contributed by atoms with Gasteiger partial charge in [-0.25, -0.2) is 14.4 Å². The van der Waals surface area contributed by atoms with Gasteiger partial charge in [0.1, 0.15) is 23.7 Å². The monoisotopic (exact) mass is 1740 g/mol. The van der Waals surface area contributed by atoms with Gasteiger partial charge in [0.25, 0.3) is 0 Å². The highest BCUT2D eigenvalue weighted by Crippen LogP contribution is 2.70. The van der Waals surface area contributed by atoms with E-state index in [0.717, 1.165) is 129 Å². The number of benzene rings is 3. The predicted octanol–water partition coefficient (Wildman–Crippen LogP) is 26.4. The van der Waals surface area contributed by atoms with Crippen LogP contribution >= 0.6 is 0 Å². The molecule has 9 unspecified atom stereocenters. The second-order valence-corrected chi connectivity index (χ2v) is 54.0. The lowest BCUT2D eigenvalue weighted by atomic mass is 9.47. The number of carbonyl (C=O) groups is 3. The molecule has 17 heteroatoms. The number of aromatic nitrogens is 3. The molecule has 0 spiro atoms. The molecule has 0 saturated heterocycles. The van der Waals surface area contributed by atoms with Crippen molar-refractivity contribution in [2.75, 3.05) is 0 Å². The largest absolute Gasteiger partial charge is 0.543 e. The van der Waals surface area contributed by atoms with Crippen LogP contribution in [0.25, 0.3) is 16.7 Å². The van der Waals surface area contributed by atoms with Crippen LogP contribution in [0, 0.1) is 113 Å². The molecule has 6 aromatic rings. The first-order chi connectivity index (χ1) is 59.3. The van der Waals surface area contributed by atoms with Gasteiger partial charge in [-0.1, -0.05) is 154 Å². The minimum atomic E-state index is -2.04. The third kappa shape index (κ3) is 17.1. The maximum atomic E-state index is 13.6. The summed E-state index contributed by atoms with van der Waals surface area (Å²) in [4.78, 5) is 50.6. The zero-order chi connectivity index (χ0) is 90.6. The number of esters is 2. The Balaban J connectivity index is 0.000000135. The van der Waals surface area contributed by atoms with Gasteiger partial charge in [0.05, 0.1) is 22.8 Å². The fourth-order valence-electron chi connectivity index (χ4n) is 25.8. The van der Waals surface area contributed by atoms with E-state index >= 15 is 0 Å².